The number of fused-ring (bicyclic) bond motifs is 1. The molecular weight excluding hydrogens is 370 g/mol. The van der Waals surface area contributed by atoms with Gasteiger partial charge < -0.3 is 15.7 Å². The molecular formula is C21H19N5O3. The van der Waals surface area contributed by atoms with E-state index in [4.69, 9.17) is 0 Å². The number of carbonyl (C=O) groups excluding carboxylic acids is 1. The van der Waals surface area contributed by atoms with Crippen LogP contribution in [0.2, 0.25) is 0 Å². The van der Waals surface area contributed by atoms with Crippen molar-refractivity contribution < 1.29 is 14.7 Å². The van der Waals surface area contributed by atoms with Gasteiger partial charge in [-0.25, -0.2) is 9.48 Å². The van der Waals surface area contributed by atoms with Crippen molar-refractivity contribution in [1.29, 1.82) is 0 Å². The fraction of sp³-hybridized carbons (Fsp3) is 0.143. The molecule has 2 aromatic carbocycles. The summed E-state index contributed by atoms with van der Waals surface area (Å²) in [6.07, 6.45) is 1.55. The normalized spacial score (nSPS) is 15.1. The van der Waals surface area contributed by atoms with E-state index in [0.717, 1.165) is 16.7 Å². The van der Waals surface area contributed by atoms with Crippen LogP contribution in [-0.2, 0) is 4.79 Å². The summed E-state index contributed by atoms with van der Waals surface area (Å²) < 4.78 is 1.52. The predicted octanol–water partition coefficient (Wildman–Crippen LogP) is 3.13. The van der Waals surface area contributed by atoms with Crippen molar-refractivity contribution in [2.75, 3.05) is 10.6 Å². The zero-order valence-corrected chi connectivity index (χ0v) is 15.9. The summed E-state index contributed by atoms with van der Waals surface area (Å²) in [7, 11) is 0. The number of amides is 1. The van der Waals surface area contributed by atoms with Gasteiger partial charge in [0, 0.05) is 5.69 Å². The molecule has 0 saturated carbocycles. The third kappa shape index (κ3) is 3.60. The molecule has 0 radical (unpaired) electrons. The average Bonchev–Trinajstić information content (AvgIpc) is 3.14. The number of aliphatic carboxylic acids is 1. The Bertz CT molecular complexity index is 1110. The molecule has 1 unspecified atom stereocenters. The molecule has 8 nitrogen and oxygen atoms in total. The van der Waals surface area contributed by atoms with E-state index < -0.39 is 17.9 Å². The minimum Gasteiger partial charge on any atom is -0.477 e. The number of carboxylic acids is 1. The molecule has 3 aromatic rings. The van der Waals surface area contributed by atoms with E-state index in [9.17, 15) is 14.7 Å². The highest BCUT2D eigenvalue weighted by molar-refractivity contribution is 6.07. The monoisotopic (exact) mass is 389 g/mol. The number of allylic oxidation sites excluding steroid dienone is 1. The molecule has 3 N–H and O–H groups in total. The molecule has 4 rings (SSSR count). The number of aryl methyl sites for hydroxylation is 2. The summed E-state index contributed by atoms with van der Waals surface area (Å²) in [6.45, 7) is 3.93. The first-order valence-electron chi connectivity index (χ1n) is 9.04. The van der Waals surface area contributed by atoms with Gasteiger partial charge in [0.2, 0.25) is 0 Å². The number of carbonyl (C=O) groups is 2. The number of anilines is 2. The van der Waals surface area contributed by atoms with Crippen molar-refractivity contribution >= 4 is 23.4 Å². The molecule has 2 heterocycles. The Labute approximate surface area is 166 Å². The SMILES string of the molecule is Cc1ccc(NC(=O)c2nnn3c2NC(C(=O)O)=CC3c2ccc(C)cc2)cc1. The highest BCUT2D eigenvalue weighted by atomic mass is 16.4. The minimum absolute atomic E-state index is 0.0227. The Morgan fingerprint density at radius 3 is 2.28 bits per heavy atom. The molecule has 0 spiro atoms. The van der Waals surface area contributed by atoms with E-state index in [1.165, 1.54) is 4.68 Å². The first-order chi connectivity index (χ1) is 13.9. The summed E-state index contributed by atoms with van der Waals surface area (Å²) in [5.41, 5.74) is 3.60. The maximum Gasteiger partial charge on any atom is 0.352 e. The van der Waals surface area contributed by atoms with E-state index >= 15 is 0 Å². The van der Waals surface area contributed by atoms with Crippen LogP contribution in [0.15, 0.2) is 60.3 Å². The molecule has 1 aromatic heterocycles. The summed E-state index contributed by atoms with van der Waals surface area (Å²) in [4.78, 5) is 24.4. The predicted molar refractivity (Wildman–Crippen MR) is 108 cm³/mol. The van der Waals surface area contributed by atoms with Gasteiger partial charge in [-0.1, -0.05) is 52.7 Å². The Hall–Kier alpha value is -3.94. The Morgan fingerprint density at radius 2 is 1.66 bits per heavy atom. The molecule has 0 fully saturated rings. The summed E-state index contributed by atoms with van der Waals surface area (Å²) in [5, 5.41) is 23.2. The number of benzene rings is 2. The molecule has 8 heteroatoms. The minimum atomic E-state index is -1.13. The maximum absolute atomic E-state index is 12.8. The zero-order chi connectivity index (χ0) is 20.5. The van der Waals surface area contributed by atoms with Crippen molar-refractivity contribution in [2.24, 2.45) is 0 Å². The van der Waals surface area contributed by atoms with E-state index in [2.05, 4.69) is 20.9 Å². The molecule has 1 atom stereocenters. The molecule has 29 heavy (non-hydrogen) atoms. The molecule has 0 bridgehead atoms. The van der Waals surface area contributed by atoms with Crippen LogP contribution < -0.4 is 10.6 Å². The van der Waals surface area contributed by atoms with Crippen LogP contribution in [0, 0.1) is 13.8 Å². The van der Waals surface area contributed by atoms with E-state index in [1.54, 1.807) is 18.2 Å². The molecule has 0 aliphatic carbocycles. The van der Waals surface area contributed by atoms with Crippen molar-refractivity contribution in [1.82, 2.24) is 15.0 Å². The lowest BCUT2D eigenvalue weighted by Crippen LogP contribution is -2.25. The second kappa shape index (κ2) is 7.23. The quantitative estimate of drug-likeness (QED) is 0.633. The van der Waals surface area contributed by atoms with Gasteiger partial charge in [-0.2, -0.15) is 0 Å². The van der Waals surface area contributed by atoms with Crippen LogP contribution >= 0.6 is 0 Å². The Morgan fingerprint density at radius 1 is 1.03 bits per heavy atom. The van der Waals surface area contributed by atoms with Gasteiger partial charge in [0.25, 0.3) is 5.91 Å². The molecule has 1 aliphatic rings. The lowest BCUT2D eigenvalue weighted by atomic mass is 10.0. The topological polar surface area (TPSA) is 109 Å². The number of nitrogens with one attached hydrogen (secondary N) is 2. The number of nitrogens with zero attached hydrogens (tertiary/aromatic N) is 3. The van der Waals surface area contributed by atoms with Gasteiger partial charge in [0.15, 0.2) is 11.5 Å². The summed E-state index contributed by atoms with van der Waals surface area (Å²) in [5.74, 6) is -1.36. The van der Waals surface area contributed by atoms with Crippen molar-refractivity contribution in [2.45, 2.75) is 19.9 Å². The van der Waals surface area contributed by atoms with Crippen LogP contribution in [0.5, 0.6) is 0 Å². The third-order valence-corrected chi connectivity index (χ3v) is 4.71. The number of hydrogen-bond acceptors (Lipinski definition) is 5. The number of hydrogen-bond donors (Lipinski definition) is 3. The summed E-state index contributed by atoms with van der Waals surface area (Å²) >= 11 is 0. The van der Waals surface area contributed by atoms with Crippen LogP contribution in [0.25, 0.3) is 0 Å². The van der Waals surface area contributed by atoms with Gasteiger partial charge in [-0.3, -0.25) is 4.79 Å². The van der Waals surface area contributed by atoms with Crippen LogP contribution in [0.4, 0.5) is 11.5 Å². The van der Waals surface area contributed by atoms with Crippen LogP contribution in [0.1, 0.15) is 33.2 Å². The summed E-state index contributed by atoms with van der Waals surface area (Å²) in [6, 6.07) is 14.5. The van der Waals surface area contributed by atoms with E-state index in [1.807, 2.05) is 50.2 Å². The van der Waals surface area contributed by atoms with Crippen LogP contribution in [-0.4, -0.2) is 32.0 Å². The van der Waals surface area contributed by atoms with E-state index in [0.29, 0.717) is 5.69 Å². The molecule has 1 amide bonds. The van der Waals surface area contributed by atoms with Crippen molar-refractivity contribution in [3.05, 3.63) is 82.7 Å². The molecule has 0 saturated heterocycles. The number of carboxylic acid groups (broad SMARTS) is 1. The Balaban J connectivity index is 1.70. The van der Waals surface area contributed by atoms with Crippen molar-refractivity contribution in [3.63, 3.8) is 0 Å². The van der Waals surface area contributed by atoms with Gasteiger partial charge in [-0.15, -0.1) is 5.10 Å². The third-order valence-electron chi connectivity index (χ3n) is 4.71. The highest BCUT2D eigenvalue weighted by Gasteiger charge is 2.30. The fourth-order valence-corrected chi connectivity index (χ4v) is 3.11. The zero-order valence-electron chi connectivity index (χ0n) is 15.9. The van der Waals surface area contributed by atoms with E-state index in [-0.39, 0.29) is 17.2 Å². The number of rotatable bonds is 4. The molecule has 146 valence electrons. The van der Waals surface area contributed by atoms with Gasteiger partial charge in [0.05, 0.1) is 0 Å². The maximum atomic E-state index is 12.8. The number of aromatic nitrogens is 3. The van der Waals surface area contributed by atoms with Gasteiger partial charge >= 0.3 is 5.97 Å². The first kappa shape index (κ1) is 18.4. The second-order valence-corrected chi connectivity index (χ2v) is 6.92. The largest absolute Gasteiger partial charge is 0.477 e. The van der Waals surface area contributed by atoms with Gasteiger partial charge in [0.1, 0.15) is 11.7 Å². The fourth-order valence-electron chi connectivity index (χ4n) is 3.11. The average molecular weight is 389 g/mol. The van der Waals surface area contributed by atoms with Gasteiger partial charge in [-0.05, 0) is 37.6 Å². The first-order valence-corrected chi connectivity index (χ1v) is 9.04. The smallest absolute Gasteiger partial charge is 0.352 e. The lowest BCUT2D eigenvalue weighted by Gasteiger charge is -2.23. The lowest BCUT2D eigenvalue weighted by molar-refractivity contribution is -0.132. The molecule has 1 aliphatic heterocycles. The Kier molecular flexibility index (Phi) is 4.59. The highest BCUT2D eigenvalue weighted by Crippen LogP contribution is 2.31. The van der Waals surface area contributed by atoms with Crippen LogP contribution in [0.3, 0.4) is 0 Å². The standard InChI is InChI=1S/C21H19N5O3/c1-12-3-7-14(8-4-12)17-11-16(21(28)29)23-19-18(24-25-26(17)19)20(27)22-15-9-5-13(2)6-10-15/h3-11,17,23H,1-2H3,(H,22,27)(H,28,29). The van der Waals surface area contributed by atoms with Crippen molar-refractivity contribution in [3.8, 4) is 0 Å². The second-order valence-electron chi connectivity index (χ2n) is 6.92.